The molecule has 0 bridgehead atoms. The van der Waals surface area contributed by atoms with Crippen LogP contribution in [0.25, 0.3) is 6.08 Å². The van der Waals surface area contributed by atoms with Crippen molar-refractivity contribution in [3.8, 4) is 0 Å². The Balaban J connectivity index is 1.52. The molecule has 1 N–H and O–H groups in total. The van der Waals surface area contributed by atoms with Crippen molar-refractivity contribution in [2.75, 3.05) is 13.1 Å². The maximum Gasteiger partial charge on any atom is 0.293 e. The third-order valence-corrected chi connectivity index (χ3v) is 5.14. The molecule has 0 radical (unpaired) electrons. The average molecular weight is 419 g/mol. The number of nitrogens with zero attached hydrogens (tertiary/aromatic N) is 1. The number of carbonyl (C=O) groups excluding carboxylic acids is 3. The van der Waals surface area contributed by atoms with E-state index in [2.05, 4.69) is 5.32 Å². The lowest BCUT2D eigenvalue weighted by Crippen LogP contribution is -2.37. The molecule has 2 aromatic rings. The molecule has 0 unspecified atom stereocenters. The zero-order chi connectivity index (χ0) is 20.1. The van der Waals surface area contributed by atoms with Gasteiger partial charge >= 0.3 is 0 Å². The van der Waals surface area contributed by atoms with Gasteiger partial charge in [0, 0.05) is 18.1 Å². The molecule has 3 amide bonds. The van der Waals surface area contributed by atoms with Crippen molar-refractivity contribution in [1.82, 2.24) is 10.2 Å². The Kier molecular flexibility index (Phi) is 6.49. The third-order valence-electron chi connectivity index (χ3n) is 3.98. The minimum Gasteiger partial charge on any atom is -0.354 e. The highest BCUT2D eigenvalue weighted by atomic mass is 35.5. The van der Waals surface area contributed by atoms with Crippen LogP contribution in [0.3, 0.4) is 0 Å². The second kappa shape index (κ2) is 9.03. The highest BCUT2D eigenvalue weighted by Gasteiger charge is 2.34. The minimum atomic E-state index is -0.425. The van der Waals surface area contributed by atoms with E-state index in [1.165, 1.54) is 24.3 Å². The summed E-state index contributed by atoms with van der Waals surface area (Å²) in [4.78, 5) is 37.8. The van der Waals surface area contributed by atoms with Crippen LogP contribution >= 0.6 is 23.4 Å². The van der Waals surface area contributed by atoms with Crippen LogP contribution in [0.1, 0.15) is 11.1 Å². The van der Waals surface area contributed by atoms with E-state index in [1.807, 2.05) is 0 Å². The summed E-state index contributed by atoms with van der Waals surface area (Å²) < 4.78 is 13.0. The van der Waals surface area contributed by atoms with E-state index >= 15 is 0 Å². The lowest BCUT2D eigenvalue weighted by atomic mass is 10.1. The zero-order valence-electron chi connectivity index (χ0n) is 14.7. The lowest BCUT2D eigenvalue weighted by molar-refractivity contribution is -0.124. The highest BCUT2D eigenvalue weighted by molar-refractivity contribution is 8.18. The number of rotatable bonds is 6. The van der Waals surface area contributed by atoms with Crippen LogP contribution in [0.15, 0.2) is 53.4 Å². The van der Waals surface area contributed by atoms with Crippen LogP contribution in [-0.4, -0.2) is 35.0 Å². The van der Waals surface area contributed by atoms with E-state index in [0.29, 0.717) is 10.6 Å². The predicted octanol–water partition coefficient (Wildman–Crippen LogP) is 3.87. The highest BCUT2D eigenvalue weighted by Crippen LogP contribution is 2.31. The lowest BCUT2D eigenvalue weighted by Gasteiger charge is -2.13. The summed E-state index contributed by atoms with van der Waals surface area (Å²) in [6, 6.07) is 12.6. The SMILES string of the molecule is O=C(Cc1ccc(Cl)cc1)NCCN1C(=O)SC(=Cc2ccc(F)cc2)C1=O. The number of hydrogen-bond acceptors (Lipinski definition) is 4. The van der Waals surface area contributed by atoms with Gasteiger partial charge in [-0.25, -0.2) is 4.39 Å². The molecule has 0 saturated carbocycles. The number of nitrogens with one attached hydrogen (secondary N) is 1. The molecule has 28 heavy (non-hydrogen) atoms. The molecule has 8 heteroatoms. The van der Waals surface area contributed by atoms with Crippen molar-refractivity contribution in [2.24, 2.45) is 0 Å². The maximum absolute atomic E-state index is 13.0. The Morgan fingerprint density at radius 3 is 2.46 bits per heavy atom. The monoisotopic (exact) mass is 418 g/mol. The first-order chi connectivity index (χ1) is 13.4. The summed E-state index contributed by atoms with van der Waals surface area (Å²) in [6.45, 7) is 0.242. The standard InChI is InChI=1S/C20H16ClFN2O3S/c21-15-5-1-14(2-6-15)12-18(25)23-9-10-24-19(26)17(28-20(24)27)11-13-3-7-16(22)8-4-13/h1-8,11H,9-10,12H2,(H,23,25). The van der Waals surface area contributed by atoms with Crippen LogP contribution < -0.4 is 5.32 Å². The largest absolute Gasteiger partial charge is 0.354 e. The molecule has 2 aromatic carbocycles. The number of hydrogen-bond donors (Lipinski definition) is 1. The number of benzene rings is 2. The summed E-state index contributed by atoms with van der Waals surface area (Å²) in [5, 5.41) is 2.89. The van der Waals surface area contributed by atoms with Crippen molar-refractivity contribution in [3.63, 3.8) is 0 Å². The number of carbonyl (C=O) groups is 3. The minimum absolute atomic E-state index is 0.0811. The van der Waals surface area contributed by atoms with E-state index in [0.717, 1.165) is 22.2 Å². The Bertz CT molecular complexity index is 929. The van der Waals surface area contributed by atoms with Gasteiger partial charge in [-0.1, -0.05) is 35.9 Å². The summed E-state index contributed by atoms with van der Waals surface area (Å²) >= 11 is 6.63. The summed E-state index contributed by atoms with van der Waals surface area (Å²) in [7, 11) is 0. The van der Waals surface area contributed by atoms with E-state index in [1.54, 1.807) is 30.3 Å². The molecule has 0 spiro atoms. The van der Waals surface area contributed by atoms with Gasteiger partial charge in [0.1, 0.15) is 5.82 Å². The molecule has 0 aromatic heterocycles. The first-order valence-electron chi connectivity index (χ1n) is 8.44. The van der Waals surface area contributed by atoms with Gasteiger partial charge in [-0.15, -0.1) is 0 Å². The van der Waals surface area contributed by atoms with Crippen molar-refractivity contribution in [1.29, 1.82) is 0 Å². The van der Waals surface area contributed by atoms with Crippen LogP contribution in [-0.2, 0) is 16.0 Å². The topological polar surface area (TPSA) is 66.5 Å². The number of thioether (sulfide) groups is 1. The quantitative estimate of drug-likeness (QED) is 0.723. The van der Waals surface area contributed by atoms with E-state index in [-0.39, 0.29) is 36.1 Å². The molecule has 1 aliphatic rings. The van der Waals surface area contributed by atoms with Gasteiger partial charge in [0.25, 0.3) is 11.1 Å². The molecule has 5 nitrogen and oxygen atoms in total. The summed E-state index contributed by atoms with van der Waals surface area (Å²) in [6.07, 6.45) is 1.73. The fourth-order valence-electron chi connectivity index (χ4n) is 2.56. The van der Waals surface area contributed by atoms with Crippen molar-refractivity contribution in [3.05, 3.63) is 75.4 Å². The Labute approximate surface area is 170 Å². The Morgan fingerprint density at radius 1 is 1.11 bits per heavy atom. The first-order valence-corrected chi connectivity index (χ1v) is 9.64. The molecular weight excluding hydrogens is 403 g/mol. The number of halogens is 2. The molecule has 144 valence electrons. The van der Waals surface area contributed by atoms with Crippen molar-refractivity contribution >= 4 is 46.5 Å². The molecule has 1 heterocycles. The van der Waals surface area contributed by atoms with Gasteiger partial charge in [0.15, 0.2) is 0 Å². The zero-order valence-corrected chi connectivity index (χ0v) is 16.2. The van der Waals surface area contributed by atoms with Crippen LogP contribution in [0.5, 0.6) is 0 Å². The molecule has 1 saturated heterocycles. The third kappa shape index (κ3) is 5.21. The van der Waals surface area contributed by atoms with E-state index in [4.69, 9.17) is 11.6 Å². The molecule has 1 fully saturated rings. The van der Waals surface area contributed by atoms with E-state index < -0.39 is 11.1 Å². The first kappa shape index (κ1) is 20.1. The van der Waals surface area contributed by atoms with Crippen LogP contribution in [0, 0.1) is 5.82 Å². The maximum atomic E-state index is 13.0. The molecular formula is C20H16ClFN2O3S. The van der Waals surface area contributed by atoms with Gasteiger partial charge in [-0.2, -0.15) is 0 Å². The number of imide groups is 1. The Hall–Kier alpha value is -2.64. The molecule has 3 rings (SSSR count). The van der Waals surface area contributed by atoms with Crippen LogP contribution in [0.2, 0.25) is 5.02 Å². The summed E-state index contributed by atoms with van der Waals surface area (Å²) in [5.41, 5.74) is 1.44. The average Bonchev–Trinajstić information content (AvgIpc) is 2.93. The second-order valence-corrected chi connectivity index (χ2v) is 7.47. The normalized spacial score (nSPS) is 15.4. The van der Waals surface area contributed by atoms with E-state index in [9.17, 15) is 18.8 Å². The number of amides is 3. The van der Waals surface area contributed by atoms with Gasteiger partial charge in [0.2, 0.25) is 5.91 Å². The molecule has 0 atom stereocenters. The molecule has 1 aliphatic heterocycles. The van der Waals surface area contributed by atoms with Crippen LogP contribution in [0.4, 0.5) is 9.18 Å². The predicted molar refractivity (Wildman–Crippen MR) is 107 cm³/mol. The fourth-order valence-corrected chi connectivity index (χ4v) is 3.55. The van der Waals surface area contributed by atoms with Crippen molar-refractivity contribution in [2.45, 2.75) is 6.42 Å². The summed E-state index contributed by atoms with van der Waals surface area (Å²) in [5.74, 6) is -1.01. The van der Waals surface area contributed by atoms with Gasteiger partial charge in [0.05, 0.1) is 11.3 Å². The smallest absolute Gasteiger partial charge is 0.293 e. The van der Waals surface area contributed by atoms with Gasteiger partial charge in [-0.3, -0.25) is 19.3 Å². The fraction of sp³-hybridized carbons (Fsp3) is 0.150. The Morgan fingerprint density at radius 2 is 1.79 bits per heavy atom. The van der Waals surface area contributed by atoms with Crippen molar-refractivity contribution < 1.29 is 18.8 Å². The second-order valence-electron chi connectivity index (χ2n) is 6.04. The molecule has 0 aliphatic carbocycles. The van der Waals surface area contributed by atoms with Gasteiger partial charge < -0.3 is 5.32 Å². The van der Waals surface area contributed by atoms with Gasteiger partial charge in [-0.05, 0) is 53.2 Å².